The summed E-state index contributed by atoms with van der Waals surface area (Å²) in [7, 11) is 1.72. The highest BCUT2D eigenvalue weighted by Crippen LogP contribution is 2.17. The first-order valence-corrected chi connectivity index (χ1v) is 3.79. The van der Waals surface area contributed by atoms with E-state index in [2.05, 4.69) is 5.10 Å². The van der Waals surface area contributed by atoms with Gasteiger partial charge in [0.1, 0.15) is 0 Å². The molecule has 12 heavy (non-hydrogen) atoms. The number of carboxylic acids is 1. The van der Waals surface area contributed by atoms with Crippen LogP contribution in [0.1, 0.15) is 35.8 Å². The fourth-order valence-corrected chi connectivity index (χ4v) is 1.10. The molecule has 1 aromatic rings. The van der Waals surface area contributed by atoms with E-state index >= 15 is 0 Å². The second-order valence-electron chi connectivity index (χ2n) is 3.07. The van der Waals surface area contributed by atoms with Crippen molar-refractivity contribution < 1.29 is 9.90 Å². The lowest BCUT2D eigenvalue weighted by molar-refractivity contribution is 0.0688. The lowest BCUT2D eigenvalue weighted by atomic mass is 10.0. The lowest BCUT2D eigenvalue weighted by Gasteiger charge is -1.99. The van der Waals surface area contributed by atoms with Crippen molar-refractivity contribution >= 4 is 5.97 Å². The third-order valence-electron chi connectivity index (χ3n) is 1.68. The summed E-state index contributed by atoms with van der Waals surface area (Å²) >= 11 is 0. The topological polar surface area (TPSA) is 55.1 Å². The van der Waals surface area contributed by atoms with Gasteiger partial charge in [0.2, 0.25) is 0 Å². The van der Waals surface area contributed by atoms with Crippen LogP contribution in [0.15, 0.2) is 6.20 Å². The Balaban J connectivity index is 3.17. The van der Waals surface area contributed by atoms with Crippen LogP contribution in [0.2, 0.25) is 0 Å². The van der Waals surface area contributed by atoms with Gasteiger partial charge in [0.15, 0.2) is 5.69 Å². The number of nitrogens with zero attached hydrogens (tertiary/aromatic N) is 2. The van der Waals surface area contributed by atoms with Gasteiger partial charge in [-0.2, -0.15) is 5.10 Å². The monoisotopic (exact) mass is 168 g/mol. The number of rotatable bonds is 2. The summed E-state index contributed by atoms with van der Waals surface area (Å²) in [6.45, 7) is 3.90. The maximum absolute atomic E-state index is 10.7. The molecule has 0 bridgehead atoms. The molecule has 4 heteroatoms. The molecule has 0 amide bonds. The molecule has 1 heterocycles. The van der Waals surface area contributed by atoms with Crippen LogP contribution in [0.3, 0.4) is 0 Å². The van der Waals surface area contributed by atoms with E-state index in [1.165, 1.54) is 4.68 Å². The number of carboxylic acid groups (broad SMARTS) is 1. The molecule has 0 spiro atoms. The van der Waals surface area contributed by atoms with Gasteiger partial charge in [0, 0.05) is 18.8 Å². The number of carbonyl (C=O) groups is 1. The van der Waals surface area contributed by atoms with Crippen LogP contribution in [0.25, 0.3) is 0 Å². The molecule has 0 aliphatic carbocycles. The SMILES string of the molecule is CC(C)c1cn(C)nc1C(=O)O. The van der Waals surface area contributed by atoms with Crippen molar-refractivity contribution in [2.75, 3.05) is 0 Å². The molecular formula is C8H12N2O2. The summed E-state index contributed by atoms with van der Waals surface area (Å²) in [6, 6.07) is 0. The van der Waals surface area contributed by atoms with Gasteiger partial charge in [-0.15, -0.1) is 0 Å². The number of aryl methyl sites for hydroxylation is 1. The van der Waals surface area contributed by atoms with Crippen LogP contribution in [0, 0.1) is 0 Å². The maximum atomic E-state index is 10.7. The van der Waals surface area contributed by atoms with Crippen molar-refractivity contribution in [3.63, 3.8) is 0 Å². The van der Waals surface area contributed by atoms with Crippen LogP contribution < -0.4 is 0 Å². The van der Waals surface area contributed by atoms with Gasteiger partial charge in [0.25, 0.3) is 0 Å². The quantitative estimate of drug-likeness (QED) is 0.722. The van der Waals surface area contributed by atoms with Gasteiger partial charge in [-0.25, -0.2) is 4.79 Å². The minimum atomic E-state index is -0.959. The van der Waals surface area contributed by atoms with Crippen LogP contribution in [-0.4, -0.2) is 20.9 Å². The Morgan fingerprint density at radius 2 is 2.25 bits per heavy atom. The van der Waals surface area contributed by atoms with Crippen LogP contribution in [0.5, 0.6) is 0 Å². The molecule has 0 aliphatic heterocycles. The average molecular weight is 168 g/mol. The first-order chi connectivity index (χ1) is 5.52. The van der Waals surface area contributed by atoms with E-state index in [-0.39, 0.29) is 11.6 Å². The Bertz CT molecular complexity index is 302. The molecule has 0 aromatic carbocycles. The van der Waals surface area contributed by atoms with E-state index in [9.17, 15) is 4.79 Å². The molecule has 0 saturated heterocycles. The van der Waals surface area contributed by atoms with E-state index in [1.54, 1.807) is 13.2 Å². The highest BCUT2D eigenvalue weighted by molar-refractivity contribution is 5.87. The van der Waals surface area contributed by atoms with E-state index < -0.39 is 5.97 Å². The van der Waals surface area contributed by atoms with Gasteiger partial charge >= 0.3 is 5.97 Å². The highest BCUT2D eigenvalue weighted by Gasteiger charge is 2.16. The normalized spacial score (nSPS) is 10.7. The molecule has 0 aliphatic rings. The Morgan fingerprint density at radius 3 is 2.58 bits per heavy atom. The molecule has 4 nitrogen and oxygen atoms in total. The Hall–Kier alpha value is -1.32. The molecule has 0 saturated carbocycles. The van der Waals surface area contributed by atoms with Crippen molar-refractivity contribution in [3.05, 3.63) is 17.5 Å². The predicted octanol–water partition coefficient (Wildman–Crippen LogP) is 1.24. The summed E-state index contributed by atoms with van der Waals surface area (Å²) in [6.07, 6.45) is 1.74. The standard InChI is InChI=1S/C8H12N2O2/c1-5(2)6-4-10(3)9-7(6)8(11)12/h4-5H,1-3H3,(H,11,12). The summed E-state index contributed by atoms with van der Waals surface area (Å²) in [5.41, 5.74) is 0.942. The lowest BCUT2D eigenvalue weighted by Crippen LogP contribution is -2.02. The molecule has 66 valence electrons. The minimum absolute atomic E-state index is 0.160. The fraction of sp³-hybridized carbons (Fsp3) is 0.500. The zero-order chi connectivity index (χ0) is 9.30. The first-order valence-electron chi connectivity index (χ1n) is 3.79. The van der Waals surface area contributed by atoms with E-state index in [0.717, 1.165) is 5.56 Å². The smallest absolute Gasteiger partial charge is 0.356 e. The van der Waals surface area contributed by atoms with Crippen molar-refractivity contribution in [1.82, 2.24) is 9.78 Å². The minimum Gasteiger partial charge on any atom is -0.476 e. The van der Waals surface area contributed by atoms with Gasteiger partial charge in [-0.05, 0) is 5.92 Å². The van der Waals surface area contributed by atoms with Crippen molar-refractivity contribution in [3.8, 4) is 0 Å². The Labute approximate surface area is 70.8 Å². The third-order valence-corrected chi connectivity index (χ3v) is 1.68. The largest absolute Gasteiger partial charge is 0.476 e. The molecule has 1 rings (SSSR count). The summed E-state index contributed by atoms with van der Waals surface area (Å²) in [5, 5.41) is 12.6. The van der Waals surface area contributed by atoms with Gasteiger partial charge in [-0.1, -0.05) is 13.8 Å². The van der Waals surface area contributed by atoms with E-state index in [4.69, 9.17) is 5.11 Å². The number of aromatic nitrogens is 2. The highest BCUT2D eigenvalue weighted by atomic mass is 16.4. The first kappa shape index (κ1) is 8.77. The molecule has 0 unspecified atom stereocenters. The Morgan fingerprint density at radius 1 is 1.67 bits per heavy atom. The summed E-state index contributed by atoms with van der Waals surface area (Å²) < 4.78 is 1.53. The van der Waals surface area contributed by atoms with Crippen molar-refractivity contribution in [2.24, 2.45) is 7.05 Å². The predicted molar refractivity (Wildman–Crippen MR) is 44.3 cm³/mol. The Kier molecular flexibility index (Phi) is 2.17. The van der Waals surface area contributed by atoms with Gasteiger partial charge in [0.05, 0.1) is 0 Å². The molecule has 0 radical (unpaired) electrons. The molecule has 0 fully saturated rings. The zero-order valence-corrected chi connectivity index (χ0v) is 7.40. The maximum Gasteiger partial charge on any atom is 0.356 e. The third kappa shape index (κ3) is 1.47. The van der Waals surface area contributed by atoms with Crippen LogP contribution >= 0.6 is 0 Å². The molecule has 0 atom stereocenters. The zero-order valence-electron chi connectivity index (χ0n) is 7.40. The van der Waals surface area contributed by atoms with Crippen molar-refractivity contribution in [2.45, 2.75) is 19.8 Å². The van der Waals surface area contributed by atoms with Gasteiger partial charge < -0.3 is 5.11 Å². The number of aromatic carboxylic acids is 1. The molecule has 1 N–H and O–H groups in total. The average Bonchev–Trinajstić information content (AvgIpc) is 2.31. The van der Waals surface area contributed by atoms with Crippen LogP contribution in [-0.2, 0) is 7.05 Å². The van der Waals surface area contributed by atoms with Crippen LogP contribution in [0.4, 0.5) is 0 Å². The van der Waals surface area contributed by atoms with Gasteiger partial charge in [-0.3, -0.25) is 4.68 Å². The fourth-order valence-electron chi connectivity index (χ4n) is 1.10. The van der Waals surface area contributed by atoms with Crippen molar-refractivity contribution in [1.29, 1.82) is 0 Å². The second kappa shape index (κ2) is 2.97. The second-order valence-corrected chi connectivity index (χ2v) is 3.07. The molecular weight excluding hydrogens is 156 g/mol. The van der Waals surface area contributed by atoms with E-state index in [1.807, 2.05) is 13.8 Å². The summed E-state index contributed by atoms with van der Waals surface area (Å²) in [4.78, 5) is 10.7. The molecule has 1 aromatic heterocycles. The number of hydrogen-bond donors (Lipinski definition) is 1. The van der Waals surface area contributed by atoms with E-state index in [0.29, 0.717) is 0 Å². The summed E-state index contributed by atoms with van der Waals surface area (Å²) in [5.74, 6) is -0.760. The number of hydrogen-bond acceptors (Lipinski definition) is 2.